The van der Waals surface area contributed by atoms with Crippen LogP contribution in [0.1, 0.15) is 12.7 Å². The summed E-state index contributed by atoms with van der Waals surface area (Å²) in [6, 6.07) is 3.41. The van der Waals surface area contributed by atoms with Gasteiger partial charge in [0.2, 0.25) is 5.82 Å². The quantitative estimate of drug-likeness (QED) is 0.776. The summed E-state index contributed by atoms with van der Waals surface area (Å²) >= 11 is -2.17. The molecule has 1 aromatic heterocycles. The topological polar surface area (TPSA) is 86.4 Å². The maximum Gasteiger partial charge on any atom is 0.507 e. The molecule has 0 radical (unpaired) electrons. The van der Waals surface area contributed by atoms with Crippen LogP contribution in [0, 0.1) is 11.3 Å². The summed E-state index contributed by atoms with van der Waals surface area (Å²) in [5.74, 6) is -1.76. The summed E-state index contributed by atoms with van der Waals surface area (Å²) in [5.41, 5.74) is -0.162. The number of hydrogen-bond donors (Lipinski definition) is 0. The maximum atomic E-state index is 13.3. The number of rotatable bonds is 3. The lowest BCUT2D eigenvalue weighted by Crippen LogP contribution is -2.52. The number of nitrogens with zero attached hydrogens (tertiary/aromatic N) is 3. The second-order valence-corrected chi connectivity index (χ2v) is 5.53. The van der Waals surface area contributed by atoms with Gasteiger partial charge in [-0.2, -0.15) is 22.8 Å². The largest absolute Gasteiger partial charge is 0.507 e. The molecule has 128 valence electrons. The Morgan fingerprint density at radius 2 is 1.88 bits per heavy atom. The Morgan fingerprint density at radius 3 is 2.42 bits per heavy atom. The summed E-state index contributed by atoms with van der Waals surface area (Å²) in [4.78, 5) is 3.79. The Hall–Kier alpha value is -2.39. The van der Waals surface area contributed by atoms with E-state index in [1.165, 1.54) is 0 Å². The highest BCUT2D eigenvalue weighted by Crippen LogP contribution is 2.48. The van der Waals surface area contributed by atoms with Gasteiger partial charge in [-0.1, -0.05) is 0 Å². The smallest absolute Gasteiger partial charge is 0.421 e. The van der Waals surface area contributed by atoms with Gasteiger partial charge in [0.15, 0.2) is 11.5 Å². The highest BCUT2D eigenvalue weighted by atomic mass is 32.2. The van der Waals surface area contributed by atoms with Crippen LogP contribution in [0.4, 0.5) is 17.6 Å². The van der Waals surface area contributed by atoms with Crippen LogP contribution in [0.5, 0.6) is 11.5 Å². The number of ether oxygens (including phenoxy) is 2. The van der Waals surface area contributed by atoms with Crippen molar-refractivity contribution in [2.45, 2.75) is 19.1 Å². The molecule has 0 fully saturated rings. The predicted molar refractivity (Wildman–Crippen MR) is 70.8 cm³/mol. The number of nitriles is 1. The molecule has 24 heavy (non-hydrogen) atoms. The summed E-state index contributed by atoms with van der Waals surface area (Å²) < 4.78 is 78.6. The minimum atomic E-state index is -4.89. The number of imidazole rings is 1. The first kappa shape index (κ1) is 16.5. The van der Waals surface area contributed by atoms with Gasteiger partial charge in [0, 0.05) is 12.1 Å². The van der Waals surface area contributed by atoms with E-state index >= 15 is 0 Å². The third-order valence-corrected chi connectivity index (χ3v) is 4.07. The molecule has 12 heteroatoms. The zero-order valence-electron chi connectivity index (χ0n) is 11.8. The highest BCUT2D eigenvalue weighted by Gasteiger charge is 2.66. The first-order valence-corrected chi connectivity index (χ1v) is 7.39. The van der Waals surface area contributed by atoms with Crippen molar-refractivity contribution in [3.8, 4) is 17.6 Å². The van der Waals surface area contributed by atoms with Gasteiger partial charge < -0.3 is 9.47 Å². The zero-order chi connectivity index (χ0) is 17.7. The first-order chi connectivity index (χ1) is 11.2. The van der Waals surface area contributed by atoms with Crippen molar-refractivity contribution < 1.29 is 35.4 Å². The van der Waals surface area contributed by atoms with Crippen LogP contribution in [0.3, 0.4) is 0 Å². The Labute approximate surface area is 134 Å². The van der Waals surface area contributed by atoms with Crippen molar-refractivity contribution in [3.05, 3.63) is 18.0 Å². The number of hydrogen-bond acceptors (Lipinski definition) is 6. The van der Waals surface area contributed by atoms with Crippen LogP contribution < -0.4 is 9.47 Å². The lowest BCUT2D eigenvalue weighted by atomic mass is 10.2. The molecule has 1 unspecified atom stereocenters. The first-order valence-electron chi connectivity index (χ1n) is 6.36. The van der Waals surface area contributed by atoms with Crippen molar-refractivity contribution in [2.75, 3.05) is 6.61 Å². The van der Waals surface area contributed by atoms with Gasteiger partial charge in [-0.25, -0.2) is 13.2 Å². The number of benzene rings is 1. The van der Waals surface area contributed by atoms with E-state index in [4.69, 9.17) is 9.44 Å². The Bertz CT molecular complexity index is 893. The Balaban J connectivity index is 2.21. The molecular formula is C12H7F4N3O4S. The second kappa shape index (κ2) is 5.32. The van der Waals surface area contributed by atoms with Crippen molar-refractivity contribution in [3.63, 3.8) is 0 Å². The molecule has 0 bridgehead atoms. The molecule has 1 aromatic carbocycles. The van der Waals surface area contributed by atoms with E-state index in [0.717, 1.165) is 16.1 Å². The lowest BCUT2D eigenvalue weighted by molar-refractivity contribution is -0.391. The lowest BCUT2D eigenvalue weighted by Gasteiger charge is -2.31. The summed E-state index contributed by atoms with van der Waals surface area (Å²) in [5, 5.41) is 9.04. The molecule has 0 saturated heterocycles. The van der Waals surface area contributed by atoms with Crippen LogP contribution in [0.2, 0.25) is 0 Å². The van der Waals surface area contributed by atoms with Crippen LogP contribution in [-0.4, -0.2) is 32.0 Å². The number of fused-ring (bicyclic) bond motifs is 2. The average molecular weight is 365 g/mol. The van der Waals surface area contributed by atoms with E-state index in [1.54, 1.807) is 13.0 Å². The third kappa shape index (κ3) is 2.36. The maximum absolute atomic E-state index is 13.3. The normalized spacial score (nSPS) is 19.0. The van der Waals surface area contributed by atoms with Gasteiger partial charge in [-0.3, -0.25) is 4.18 Å². The van der Waals surface area contributed by atoms with Crippen molar-refractivity contribution in [2.24, 2.45) is 0 Å². The molecule has 7 nitrogen and oxygen atoms in total. The SMILES string of the molecule is CCOS(=O)n1c(C#N)nc2cc3c(cc21)OC(F)(F)C(F)(F)O3. The summed E-state index contributed by atoms with van der Waals surface area (Å²) in [7, 11) is 0. The fourth-order valence-electron chi connectivity index (χ4n) is 1.99. The van der Waals surface area contributed by atoms with Crippen molar-refractivity contribution in [1.82, 2.24) is 8.96 Å². The number of alkyl halides is 4. The van der Waals surface area contributed by atoms with Crippen LogP contribution in [-0.2, 0) is 15.4 Å². The molecule has 1 aliphatic heterocycles. The van der Waals surface area contributed by atoms with E-state index in [1.807, 2.05) is 0 Å². The monoisotopic (exact) mass is 365 g/mol. The molecule has 3 rings (SSSR count). The summed E-state index contributed by atoms with van der Waals surface area (Å²) in [6.07, 6.45) is -9.77. The number of halogens is 4. The average Bonchev–Trinajstić information content (AvgIpc) is 2.83. The van der Waals surface area contributed by atoms with Gasteiger partial charge in [0.05, 0.1) is 17.6 Å². The van der Waals surface area contributed by atoms with Crippen molar-refractivity contribution >= 4 is 22.3 Å². The fraction of sp³-hybridized carbons (Fsp3) is 0.333. The van der Waals surface area contributed by atoms with Gasteiger partial charge in [-0.05, 0) is 6.92 Å². The van der Waals surface area contributed by atoms with Gasteiger partial charge in [0.25, 0.3) is 11.3 Å². The van der Waals surface area contributed by atoms with Gasteiger partial charge in [-0.15, -0.1) is 0 Å². The minimum absolute atomic E-state index is 0.0337. The molecule has 0 spiro atoms. The zero-order valence-corrected chi connectivity index (χ0v) is 12.6. The standard InChI is InChI=1S/C12H7F4N3O4S/c1-2-21-24(20)19-7-4-9-8(3-6(7)18-10(19)5-17)22-11(13,14)12(15,16)23-9/h3-4H,2H2,1H3. The molecule has 0 saturated carbocycles. The van der Waals surface area contributed by atoms with Crippen LogP contribution in [0.15, 0.2) is 12.1 Å². The third-order valence-electron chi connectivity index (χ3n) is 2.96. The molecule has 1 atom stereocenters. The van der Waals surface area contributed by atoms with Crippen LogP contribution in [0.25, 0.3) is 11.0 Å². The molecule has 0 N–H and O–H groups in total. The number of aromatic nitrogens is 2. The Kier molecular flexibility index (Phi) is 3.65. The van der Waals surface area contributed by atoms with E-state index in [2.05, 4.69) is 14.5 Å². The minimum Gasteiger partial charge on any atom is -0.421 e. The molecule has 0 amide bonds. The molecule has 0 aliphatic carbocycles. The van der Waals surface area contributed by atoms with E-state index < -0.39 is 35.0 Å². The Morgan fingerprint density at radius 1 is 1.29 bits per heavy atom. The predicted octanol–water partition coefficient (Wildman–Crippen LogP) is 2.33. The highest BCUT2D eigenvalue weighted by molar-refractivity contribution is 7.78. The van der Waals surface area contributed by atoms with Crippen LogP contribution >= 0.6 is 0 Å². The van der Waals surface area contributed by atoms with Crippen molar-refractivity contribution in [1.29, 1.82) is 5.26 Å². The molecule has 2 heterocycles. The second-order valence-electron chi connectivity index (χ2n) is 4.49. The molecular weight excluding hydrogens is 358 g/mol. The van der Waals surface area contributed by atoms with E-state index in [0.29, 0.717) is 0 Å². The fourth-order valence-corrected chi connectivity index (χ4v) is 2.83. The molecule has 1 aliphatic rings. The van der Waals surface area contributed by atoms with E-state index in [9.17, 15) is 21.8 Å². The summed E-state index contributed by atoms with van der Waals surface area (Å²) in [6.45, 7) is 1.58. The van der Waals surface area contributed by atoms with E-state index in [-0.39, 0.29) is 23.5 Å². The molecule has 2 aromatic rings. The van der Waals surface area contributed by atoms with Gasteiger partial charge in [0.1, 0.15) is 6.07 Å². The van der Waals surface area contributed by atoms with Gasteiger partial charge >= 0.3 is 12.2 Å².